The van der Waals surface area contributed by atoms with Crippen molar-refractivity contribution in [3.8, 4) is 6.07 Å². The first-order valence-corrected chi connectivity index (χ1v) is 8.38. The van der Waals surface area contributed by atoms with Gasteiger partial charge in [0, 0.05) is 30.5 Å². The molecule has 0 atom stereocenters. The Morgan fingerprint density at radius 2 is 1.93 bits per heavy atom. The number of hydrogen-bond acceptors (Lipinski definition) is 5. The molecule has 0 unspecified atom stereocenters. The number of nitriles is 1. The largest absolute Gasteiger partial charge is 0.451 e. The van der Waals surface area contributed by atoms with Crippen molar-refractivity contribution >= 4 is 40.9 Å². The molecule has 0 radical (unpaired) electrons. The van der Waals surface area contributed by atoms with Crippen LogP contribution in [0, 0.1) is 11.3 Å². The normalized spacial score (nSPS) is 10.7. The summed E-state index contributed by atoms with van der Waals surface area (Å²) < 4.78 is 4.91. The molecule has 0 spiro atoms. The Morgan fingerprint density at radius 1 is 1.22 bits per heavy atom. The molecule has 2 aromatic rings. The maximum Gasteiger partial charge on any atom is 0.349 e. The molecule has 0 heterocycles. The first-order chi connectivity index (χ1) is 12.9. The van der Waals surface area contributed by atoms with Crippen molar-refractivity contribution in [2.45, 2.75) is 0 Å². The van der Waals surface area contributed by atoms with Gasteiger partial charge in [-0.25, -0.2) is 4.79 Å². The van der Waals surface area contributed by atoms with E-state index in [1.54, 1.807) is 42.5 Å². The molecule has 0 aliphatic heterocycles. The number of anilines is 2. The van der Waals surface area contributed by atoms with Gasteiger partial charge >= 0.3 is 5.97 Å². The lowest BCUT2D eigenvalue weighted by atomic mass is 10.1. The molecule has 27 heavy (non-hydrogen) atoms. The van der Waals surface area contributed by atoms with Gasteiger partial charge in [-0.05, 0) is 42.0 Å². The quantitative estimate of drug-likeness (QED) is 0.469. The third kappa shape index (κ3) is 6.17. The van der Waals surface area contributed by atoms with E-state index in [1.807, 2.05) is 31.1 Å². The fraction of sp³-hybridized carbons (Fsp3) is 0.150. The van der Waals surface area contributed by atoms with E-state index >= 15 is 0 Å². The molecule has 0 saturated carbocycles. The van der Waals surface area contributed by atoms with E-state index in [0.717, 1.165) is 5.69 Å². The van der Waals surface area contributed by atoms with Crippen LogP contribution in [-0.4, -0.2) is 32.6 Å². The molecule has 0 aromatic heterocycles. The summed E-state index contributed by atoms with van der Waals surface area (Å²) in [5, 5.41) is 12.2. The summed E-state index contributed by atoms with van der Waals surface area (Å²) in [6, 6.07) is 15.7. The van der Waals surface area contributed by atoms with Gasteiger partial charge in [0.25, 0.3) is 5.91 Å². The van der Waals surface area contributed by atoms with E-state index in [-0.39, 0.29) is 5.57 Å². The highest BCUT2D eigenvalue weighted by atomic mass is 35.5. The summed E-state index contributed by atoms with van der Waals surface area (Å²) in [5.74, 6) is -1.39. The molecular weight excluding hydrogens is 366 g/mol. The fourth-order valence-electron chi connectivity index (χ4n) is 2.14. The van der Waals surface area contributed by atoms with Crippen molar-refractivity contribution in [3.63, 3.8) is 0 Å². The first kappa shape index (κ1) is 20.0. The Labute approximate surface area is 162 Å². The van der Waals surface area contributed by atoms with E-state index < -0.39 is 18.5 Å². The number of ether oxygens (including phenoxy) is 1. The van der Waals surface area contributed by atoms with Crippen LogP contribution in [0.1, 0.15) is 5.56 Å². The standard InChI is InChI=1S/C20H18ClN3O3/c1-24(2)18-8-6-14(7-9-18)10-15(12-22)20(26)27-13-19(25)23-17-5-3-4-16(21)11-17/h3-11H,13H2,1-2H3,(H,23,25)/b15-10+. The van der Waals surface area contributed by atoms with Crippen LogP contribution in [0.3, 0.4) is 0 Å². The molecule has 0 fully saturated rings. The maximum atomic E-state index is 12.0. The smallest absolute Gasteiger partial charge is 0.349 e. The summed E-state index contributed by atoms with van der Waals surface area (Å²) in [4.78, 5) is 25.8. The van der Waals surface area contributed by atoms with Crippen molar-refractivity contribution in [2.24, 2.45) is 0 Å². The van der Waals surface area contributed by atoms with Crippen LogP contribution in [0.15, 0.2) is 54.1 Å². The Kier molecular flexibility index (Phi) is 6.98. The lowest BCUT2D eigenvalue weighted by Gasteiger charge is -2.11. The summed E-state index contributed by atoms with van der Waals surface area (Å²) in [7, 11) is 3.83. The van der Waals surface area contributed by atoms with Gasteiger partial charge in [-0.1, -0.05) is 29.8 Å². The monoisotopic (exact) mass is 383 g/mol. The predicted molar refractivity (Wildman–Crippen MR) is 105 cm³/mol. The second-order valence-corrected chi connectivity index (χ2v) is 6.23. The number of carbonyl (C=O) groups excluding carboxylic acids is 2. The maximum absolute atomic E-state index is 12.0. The highest BCUT2D eigenvalue weighted by Gasteiger charge is 2.13. The molecule has 0 aliphatic rings. The molecule has 1 N–H and O–H groups in total. The van der Waals surface area contributed by atoms with E-state index in [0.29, 0.717) is 16.3 Å². The SMILES string of the molecule is CN(C)c1ccc(/C=C(\C#N)C(=O)OCC(=O)Nc2cccc(Cl)c2)cc1. The van der Waals surface area contributed by atoms with Crippen LogP contribution < -0.4 is 10.2 Å². The van der Waals surface area contributed by atoms with E-state index in [2.05, 4.69) is 5.32 Å². The molecule has 6 nitrogen and oxygen atoms in total. The number of benzene rings is 2. The third-order valence-corrected chi connectivity index (χ3v) is 3.74. The topological polar surface area (TPSA) is 82.4 Å². The van der Waals surface area contributed by atoms with Crippen LogP contribution in [0.4, 0.5) is 11.4 Å². The van der Waals surface area contributed by atoms with E-state index in [9.17, 15) is 14.9 Å². The zero-order valence-electron chi connectivity index (χ0n) is 14.9. The molecule has 0 aliphatic carbocycles. The van der Waals surface area contributed by atoms with Crippen LogP contribution in [-0.2, 0) is 14.3 Å². The number of esters is 1. The summed E-state index contributed by atoms with van der Waals surface area (Å²) in [6.45, 7) is -0.510. The van der Waals surface area contributed by atoms with Gasteiger partial charge in [0.2, 0.25) is 0 Å². The fourth-order valence-corrected chi connectivity index (χ4v) is 2.33. The number of carbonyl (C=O) groups is 2. The van der Waals surface area contributed by atoms with Crippen LogP contribution in [0.5, 0.6) is 0 Å². The van der Waals surface area contributed by atoms with Crippen molar-refractivity contribution < 1.29 is 14.3 Å². The van der Waals surface area contributed by atoms with Crippen LogP contribution in [0.25, 0.3) is 6.08 Å². The third-order valence-electron chi connectivity index (χ3n) is 3.50. The molecule has 0 saturated heterocycles. The molecule has 138 valence electrons. The van der Waals surface area contributed by atoms with Gasteiger partial charge < -0.3 is 15.0 Å². The molecule has 2 rings (SSSR count). The zero-order valence-corrected chi connectivity index (χ0v) is 15.7. The molecule has 0 bridgehead atoms. The molecule has 7 heteroatoms. The lowest BCUT2D eigenvalue weighted by molar-refractivity contribution is -0.142. The van der Waals surface area contributed by atoms with E-state index in [4.69, 9.17) is 16.3 Å². The van der Waals surface area contributed by atoms with E-state index in [1.165, 1.54) is 6.08 Å². The first-order valence-electron chi connectivity index (χ1n) is 8.01. The molecule has 1 amide bonds. The number of amides is 1. The number of rotatable bonds is 6. The summed E-state index contributed by atoms with van der Waals surface area (Å²) in [5.41, 5.74) is 1.96. The predicted octanol–water partition coefficient (Wildman–Crippen LogP) is 3.49. The average Bonchev–Trinajstić information content (AvgIpc) is 2.64. The van der Waals surface area contributed by atoms with Crippen LogP contribution in [0.2, 0.25) is 5.02 Å². The van der Waals surface area contributed by atoms with Gasteiger partial charge in [-0.2, -0.15) is 5.26 Å². The second-order valence-electron chi connectivity index (χ2n) is 5.79. The van der Waals surface area contributed by atoms with Gasteiger partial charge in [-0.15, -0.1) is 0 Å². The Hall–Kier alpha value is -3.30. The van der Waals surface area contributed by atoms with Crippen molar-refractivity contribution in [1.29, 1.82) is 5.26 Å². The number of nitrogens with one attached hydrogen (secondary N) is 1. The van der Waals surface area contributed by atoms with Gasteiger partial charge in [0.15, 0.2) is 6.61 Å². The van der Waals surface area contributed by atoms with Crippen molar-refractivity contribution in [2.75, 3.05) is 30.9 Å². The van der Waals surface area contributed by atoms with Crippen molar-refractivity contribution in [1.82, 2.24) is 0 Å². The van der Waals surface area contributed by atoms with Crippen LogP contribution >= 0.6 is 11.6 Å². The zero-order chi connectivity index (χ0) is 19.8. The number of halogens is 1. The summed E-state index contributed by atoms with van der Waals surface area (Å²) >= 11 is 5.84. The minimum atomic E-state index is -0.865. The number of hydrogen-bond donors (Lipinski definition) is 1. The molecular formula is C20H18ClN3O3. The minimum Gasteiger partial charge on any atom is -0.451 e. The summed E-state index contributed by atoms with van der Waals surface area (Å²) in [6.07, 6.45) is 1.41. The van der Waals surface area contributed by atoms with Gasteiger partial charge in [0.05, 0.1) is 0 Å². The van der Waals surface area contributed by atoms with Gasteiger partial charge in [-0.3, -0.25) is 4.79 Å². The number of nitrogens with zero attached hydrogens (tertiary/aromatic N) is 2. The highest BCUT2D eigenvalue weighted by molar-refractivity contribution is 6.30. The Bertz CT molecular complexity index is 899. The van der Waals surface area contributed by atoms with Gasteiger partial charge in [0.1, 0.15) is 11.6 Å². The minimum absolute atomic E-state index is 0.192. The highest BCUT2D eigenvalue weighted by Crippen LogP contribution is 2.16. The second kappa shape index (κ2) is 9.41. The molecule has 2 aromatic carbocycles. The Morgan fingerprint density at radius 3 is 2.52 bits per heavy atom. The lowest BCUT2D eigenvalue weighted by Crippen LogP contribution is -2.21. The van der Waals surface area contributed by atoms with Crippen molar-refractivity contribution in [3.05, 3.63) is 64.7 Å². The Balaban J connectivity index is 1.96. The average molecular weight is 384 g/mol.